The molecule has 1 aromatic carbocycles. The molecule has 21 heavy (non-hydrogen) atoms. The topological polar surface area (TPSA) is 69.6 Å². The quantitative estimate of drug-likeness (QED) is 0.566. The number of nitrogens with one attached hydrogen (secondary N) is 1. The largest absolute Gasteiger partial charge is 0.508 e. The maximum Gasteiger partial charge on any atom is 0.242 e. The SMILES string of the molecule is C=CCCC(C(=O)NC)N(C=O)Cc1cc(O)ccc1C. The minimum Gasteiger partial charge on any atom is -0.508 e. The molecule has 0 aliphatic rings. The number of aryl methyl sites for hydroxylation is 1. The Balaban J connectivity index is 2.96. The van der Waals surface area contributed by atoms with Crippen molar-refractivity contribution in [2.75, 3.05) is 7.05 Å². The molecular weight excluding hydrogens is 268 g/mol. The lowest BCUT2D eigenvalue weighted by Crippen LogP contribution is -2.45. The van der Waals surface area contributed by atoms with Crippen molar-refractivity contribution in [1.82, 2.24) is 10.2 Å². The van der Waals surface area contributed by atoms with Crippen LogP contribution in [0, 0.1) is 6.92 Å². The molecule has 1 aromatic rings. The van der Waals surface area contributed by atoms with Crippen molar-refractivity contribution in [3.8, 4) is 5.75 Å². The van der Waals surface area contributed by atoms with Gasteiger partial charge in [-0.25, -0.2) is 0 Å². The van der Waals surface area contributed by atoms with Crippen LogP contribution in [0.25, 0.3) is 0 Å². The van der Waals surface area contributed by atoms with Crippen LogP contribution in [-0.2, 0) is 16.1 Å². The smallest absolute Gasteiger partial charge is 0.242 e. The molecule has 1 unspecified atom stereocenters. The van der Waals surface area contributed by atoms with Crippen molar-refractivity contribution in [3.63, 3.8) is 0 Å². The van der Waals surface area contributed by atoms with E-state index in [0.717, 1.165) is 11.1 Å². The number of likely N-dealkylation sites (N-methyl/N-ethyl adjacent to an activating group) is 1. The standard InChI is InChI=1S/C16H22N2O3/c1-4-5-6-15(16(21)17-3)18(11-19)10-13-9-14(20)8-7-12(13)2/h4,7-9,11,15,20H,1,5-6,10H2,2-3H3,(H,17,21). The van der Waals surface area contributed by atoms with Gasteiger partial charge in [0.1, 0.15) is 11.8 Å². The number of rotatable bonds is 8. The van der Waals surface area contributed by atoms with E-state index in [-0.39, 0.29) is 18.2 Å². The van der Waals surface area contributed by atoms with Gasteiger partial charge in [-0.1, -0.05) is 12.1 Å². The highest BCUT2D eigenvalue weighted by Crippen LogP contribution is 2.19. The van der Waals surface area contributed by atoms with E-state index in [1.54, 1.807) is 31.3 Å². The first kappa shape index (κ1) is 16.8. The molecule has 2 N–H and O–H groups in total. The molecule has 2 amide bonds. The predicted molar refractivity (Wildman–Crippen MR) is 81.7 cm³/mol. The molecule has 0 aliphatic heterocycles. The first-order valence-electron chi connectivity index (χ1n) is 6.85. The molecule has 1 atom stereocenters. The van der Waals surface area contributed by atoms with E-state index >= 15 is 0 Å². The Kier molecular flexibility index (Phi) is 6.46. The molecule has 0 fully saturated rings. The van der Waals surface area contributed by atoms with Crippen LogP contribution in [0.1, 0.15) is 24.0 Å². The third kappa shape index (κ3) is 4.63. The van der Waals surface area contributed by atoms with E-state index in [2.05, 4.69) is 11.9 Å². The van der Waals surface area contributed by atoms with E-state index in [1.807, 2.05) is 6.92 Å². The predicted octanol–water partition coefficient (Wildman–Crippen LogP) is 1.74. The average molecular weight is 290 g/mol. The van der Waals surface area contributed by atoms with Crippen LogP contribution < -0.4 is 5.32 Å². The number of phenolic OH excluding ortho intramolecular Hbond substituents is 1. The minimum atomic E-state index is -0.549. The van der Waals surface area contributed by atoms with Gasteiger partial charge in [0.25, 0.3) is 0 Å². The molecule has 0 aromatic heterocycles. The number of hydrogen-bond acceptors (Lipinski definition) is 3. The third-order valence-electron chi connectivity index (χ3n) is 3.41. The summed E-state index contributed by atoms with van der Waals surface area (Å²) < 4.78 is 0. The number of allylic oxidation sites excluding steroid dienone is 1. The summed E-state index contributed by atoms with van der Waals surface area (Å²) in [6, 6.07) is 4.44. The van der Waals surface area contributed by atoms with Crippen LogP contribution >= 0.6 is 0 Å². The average Bonchev–Trinajstić information content (AvgIpc) is 2.49. The number of aromatic hydroxyl groups is 1. The maximum absolute atomic E-state index is 12.0. The second-order valence-corrected chi connectivity index (χ2v) is 4.88. The van der Waals surface area contributed by atoms with Crippen molar-refractivity contribution in [2.45, 2.75) is 32.4 Å². The van der Waals surface area contributed by atoms with Crippen molar-refractivity contribution >= 4 is 12.3 Å². The highest BCUT2D eigenvalue weighted by Gasteiger charge is 2.23. The zero-order valence-corrected chi connectivity index (χ0v) is 12.5. The van der Waals surface area contributed by atoms with Gasteiger partial charge in [-0.05, 0) is 43.0 Å². The lowest BCUT2D eigenvalue weighted by molar-refractivity contribution is -0.133. The Bertz CT molecular complexity index is 514. The Morgan fingerprint density at radius 3 is 2.81 bits per heavy atom. The van der Waals surface area contributed by atoms with Gasteiger partial charge in [0.2, 0.25) is 12.3 Å². The number of amides is 2. The fourth-order valence-corrected chi connectivity index (χ4v) is 2.14. The van der Waals surface area contributed by atoms with Gasteiger partial charge in [-0.2, -0.15) is 0 Å². The van der Waals surface area contributed by atoms with Gasteiger partial charge in [0, 0.05) is 13.6 Å². The minimum absolute atomic E-state index is 0.143. The number of carbonyl (C=O) groups excluding carboxylic acids is 2. The second-order valence-electron chi connectivity index (χ2n) is 4.88. The van der Waals surface area contributed by atoms with E-state index < -0.39 is 6.04 Å². The first-order valence-corrected chi connectivity index (χ1v) is 6.85. The van der Waals surface area contributed by atoms with Crippen molar-refractivity contribution in [1.29, 1.82) is 0 Å². The molecule has 114 valence electrons. The number of phenols is 1. The molecule has 0 heterocycles. The number of carbonyl (C=O) groups is 2. The summed E-state index contributed by atoms with van der Waals surface area (Å²) in [5, 5.41) is 12.1. The Labute approximate surface area is 125 Å². The second kappa shape index (κ2) is 8.09. The van der Waals surface area contributed by atoms with Crippen LogP contribution in [0.5, 0.6) is 5.75 Å². The molecule has 1 rings (SSSR count). The van der Waals surface area contributed by atoms with Crippen LogP contribution in [0.4, 0.5) is 0 Å². The molecular formula is C16H22N2O3. The van der Waals surface area contributed by atoms with E-state index in [9.17, 15) is 14.7 Å². The molecule has 0 radical (unpaired) electrons. The molecule has 0 aliphatic carbocycles. The first-order chi connectivity index (χ1) is 10.0. The van der Waals surface area contributed by atoms with Crippen LogP contribution in [0.15, 0.2) is 30.9 Å². The number of hydrogen-bond donors (Lipinski definition) is 2. The van der Waals surface area contributed by atoms with E-state index in [0.29, 0.717) is 19.3 Å². The lowest BCUT2D eigenvalue weighted by atomic mass is 10.0. The zero-order valence-electron chi connectivity index (χ0n) is 12.5. The number of nitrogens with zero attached hydrogens (tertiary/aromatic N) is 1. The van der Waals surface area contributed by atoms with Crippen molar-refractivity contribution < 1.29 is 14.7 Å². The molecule has 5 heteroatoms. The normalized spacial score (nSPS) is 11.5. The summed E-state index contributed by atoms with van der Waals surface area (Å²) in [6.07, 6.45) is 3.55. The van der Waals surface area contributed by atoms with Gasteiger partial charge in [0.05, 0.1) is 0 Å². The molecule has 5 nitrogen and oxygen atoms in total. The van der Waals surface area contributed by atoms with Crippen LogP contribution in [0.3, 0.4) is 0 Å². The van der Waals surface area contributed by atoms with Gasteiger partial charge in [-0.3, -0.25) is 9.59 Å². The monoisotopic (exact) mass is 290 g/mol. The van der Waals surface area contributed by atoms with Crippen LogP contribution in [0.2, 0.25) is 0 Å². The van der Waals surface area contributed by atoms with Gasteiger partial charge >= 0.3 is 0 Å². The van der Waals surface area contributed by atoms with E-state index in [1.165, 1.54) is 4.90 Å². The summed E-state index contributed by atoms with van der Waals surface area (Å²) in [5.41, 5.74) is 1.77. The van der Waals surface area contributed by atoms with Gasteiger partial charge in [-0.15, -0.1) is 6.58 Å². The van der Waals surface area contributed by atoms with E-state index in [4.69, 9.17) is 0 Å². The van der Waals surface area contributed by atoms with Crippen molar-refractivity contribution in [3.05, 3.63) is 42.0 Å². The van der Waals surface area contributed by atoms with Crippen LogP contribution in [-0.4, -0.2) is 35.4 Å². The zero-order chi connectivity index (χ0) is 15.8. The molecule has 0 saturated heterocycles. The highest BCUT2D eigenvalue weighted by atomic mass is 16.3. The summed E-state index contributed by atoms with van der Waals surface area (Å²) in [6.45, 7) is 5.82. The summed E-state index contributed by atoms with van der Waals surface area (Å²) in [4.78, 5) is 24.8. The lowest BCUT2D eigenvalue weighted by Gasteiger charge is -2.27. The molecule has 0 saturated carbocycles. The fraction of sp³-hybridized carbons (Fsp3) is 0.375. The molecule has 0 bridgehead atoms. The maximum atomic E-state index is 12.0. The van der Waals surface area contributed by atoms with Gasteiger partial charge < -0.3 is 15.3 Å². The fourth-order valence-electron chi connectivity index (χ4n) is 2.14. The third-order valence-corrected chi connectivity index (χ3v) is 3.41. The Morgan fingerprint density at radius 2 is 2.24 bits per heavy atom. The summed E-state index contributed by atoms with van der Waals surface area (Å²) in [5.74, 6) is -0.0641. The Hall–Kier alpha value is -2.30. The summed E-state index contributed by atoms with van der Waals surface area (Å²) >= 11 is 0. The van der Waals surface area contributed by atoms with Crippen molar-refractivity contribution in [2.24, 2.45) is 0 Å². The number of benzene rings is 1. The van der Waals surface area contributed by atoms with Gasteiger partial charge in [0.15, 0.2) is 0 Å². The summed E-state index contributed by atoms with van der Waals surface area (Å²) in [7, 11) is 1.55. The highest BCUT2D eigenvalue weighted by molar-refractivity contribution is 5.83. The Morgan fingerprint density at radius 1 is 1.52 bits per heavy atom. The molecule has 0 spiro atoms.